The van der Waals surface area contributed by atoms with Gasteiger partial charge < -0.3 is 0 Å². The summed E-state index contributed by atoms with van der Waals surface area (Å²) in [6.07, 6.45) is 0.987. The molecule has 2 nitrogen and oxygen atoms in total. The second-order valence-corrected chi connectivity index (χ2v) is 5.19. The van der Waals surface area contributed by atoms with Crippen LogP contribution in [0.4, 0.5) is 0 Å². The predicted molar refractivity (Wildman–Crippen MR) is 67.4 cm³/mol. The normalized spacial score (nSPS) is 13.3. The van der Waals surface area contributed by atoms with Gasteiger partial charge in [-0.1, -0.05) is 35.0 Å². The second kappa shape index (κ2) is 3.97. The molecule has 0 amide bonds. The molecule has 1 heterocycles. The van der Waals surface area contributed by atoms with Crippen molar-refractivity contribution in [1.29, 1.82) is 0 Å². The van der Waals surface area contributed by atoms with Crippen molar-refractivity contribution < 1.29 is 0 Å². The number of rotatable bonds is 2. The molecule has 0 saturated heterocycles. The Morgan fingerprint density at radius 3 is 2.80 bits per heavy atom. The van der Waals surface area contributed by atoms with E-state index in [2.05, 4.69) is 53.1 Å². The van der Waals surface area contributed by atoms with Gasteiger partial charge in [-0.25, -0.2) is 0 Å². The van der Waals surface area contributed by atoms with Crippen LogP contribution in [0, 0.1) is 0 Å². The van der Waals surface area contributed by atoms with Gasteiger partial charge in [-0.05, 0) is 25.0 Å². The van der Waals surface area contributed by atoms with Crippen molar-refractivity contribution in [1.82, 2.24) is 9.78 Å². The molecule has 1 aromatic carbocycles. The second-order valence-electron chi connectivity index (χ2n) is 3.82. The minimum Gasteiger partial charge on any atom is -0.268 e. The van der Waals surface area contributed by atoms with E-state index in [0.717, 1.165) is 6.42 Å². The van der Waals surface area contributed by atoms with Gasteiger partial charge >= 0.3 is 0 Å². The number of nitrogens with zero attached hydrogens (tertiary/aromatic N) is 2. The average Bonchev–Trinajstić information content (AvgIpc) is 2.55. The first-order valence-electron chi connectivity index (χ1n) is 5.23. The zero-order valence-corrected chi connectivity index (χ0v) is 10.9. The summed E-state index contributed by atoms with van der Waals surface area (Å²) in [6, 6.07) is 6.55. The minimum absolute atomic E-state index is 0.391. The van der Waals surface area contributed by atoms with E-state index in [1.807, 2.05) is 11.7 Å². The Morgan fingerprint density at radius 2 is 2.20 bits per heavy atom. The van der Waals surface area contributed by atoms with Gasteiger partial charge in [0.05, 0.1) is 11.2 Å². The fourth-order valence-corrected chi connectivity index (χ4v) is 2.14. The highest BCUT2D eigenvalue weighted by atomic mass is 79.9. The van der Waals surface area contributed by atoms with Gasteiger partial charge in [-0.3, -0.25) is 4.68 Å². The van der Waals surface area contributed by atoms with Gasteiger partial charge in [0, 0.05) is 17.3 Å². The molecule has 0 aliphatic rings. The smallest absolute Gasteiger partial charge is 0.0700 e. The molecule has 0 radical (unpaired) electrons. The molecule has 3 heteroatoms. The third-order valence-corrected chi connectivity index (χ3v) is 3.27. The van der Waals surface area contributed by atoms with Crippen LogP contribution in [0.25, 0.3) is 10.9 Å². The maximum atomic E-state index is 4.51. The van der Waals surface area contributed by atoms with Crippen molar-refractivity contribution in [3.05, 3.63) is 29.5 Å². The molecule has 0 N–H and O–H groups in total. The van der Waals surface area contributed by atoms with Crippen LogP contribution in [0.1, 0.15) is 29.9 Å². The number of halogens is 1. The van der Waals surface area contributed by atoms with Gasteiger partial charge in [0.15, 0.2) is 0 Å². The average molecular weight is 267 g/mol. The highest BCUT2D eigenvalue weighted by molar-refractivity contribution is 9.09. The summed E-state index contributed by atoms with van der Waals surface area (Å²) in [5.74, 6) is 0. The van der Waals surface area contributed by atoms with Crippen molar-refractivity contribution >= 4 is 26.8 Å². The van der Waals surface area contributed by atoms with Gasteiger partial charge in [0.2, 0.25) is 0 Å². The fraction of sp³-hybridized carbons (Fsp3) is 0.417. The van der Waals surface area contributed by atoms with E-state index < -0.39 is 0 Å². The summed E-state index contributed by atoms with van der Waals surface area (Å²) in [7, 11) is 2.00. The maximum absolute atomic E-state index is 4.51. The number of alkyl halides is 1. The van der Waals surface area contributed by atoms with Crippen LogP contribution >= 0.6 is 15.9 Å². The summed E-state index contributed by atoms with van der Waals surface area (Å²) in [5, 5.41) is 5.78. The maximum Gasteiger partial charge on any atom is 0.0700 e. The van der Waals surface area contributed by atoms with Gasteiger partial charge in [0.25, 0.3) is 0 Å². The Labute approximate surface area is 98.4 Å². The summed E-state index contributed by atoms with van der Waals surface area (Å²) in [6.45, 7) is 4.28. The molecule has 2 aromatic rings. The molecular formula is C12H15BrN2. The molecular weight excluding hydrogens is 252 g/mol. The van der Waals surface area contributed by atoms with Crippen molar-refractivity contribution in [2.75, 3.05) is 0 Å². The molecule has 80 valence electrons. The van der Waals surface area contributed by atoms with E-state index in [1.165, 1.54) is 22.2 Å². The van der Waals surface area contributed by atoms with E-state index in [9.17, 15) is 0 Å². The van der Waals surface area contributed by atoms with Crippen molar-refractivity contribution in [2.45, 2.75) is 25.1 Å². The highest BCUT2D eigenvalue weighted by Crippen LogP contribution is 2.26. The number of hydrogen-bond donors (Lipinski definition) is 0. The summed E-state index contributed by atoms with van der Waals surface area (Å²) >= 11 is 3.59. The van der Waals surface area contributed by atoms with Crippen LogP contribution in [0.15, 0.2) is 18.2 Å². The lowest BCUT2D eigenvalue weighted by atomic mass is 10.1. The van der Waals surface area contributed by atoms with Crippen LogP contribution in [-0.4, -0.2) is 9.78 Å². The molecule has 0 saturated carbocycles. The highest BCUT2D eigenvalue weighted by Gasteiger charge is 2.09. The Balaban J connectivity index is 2.66. The first-order chi connectivity index (χ1) is 7.13. The third kappa shape index (κ3) is 1.81. The van der Waals surface area contributed by atoms with Crippen LogP contribution in [0.2, 0.25) is 0 Å². The molecule has 0 aliphatic heterocycles. The number of hydrogen-bond acceptors (Lipinski definition) is 1. The number of fused-ring (bicyclic) bond motifs is 1. The van der Waals surface area contributed by atoms with Crippen molar-refractivity contribution in [3.8, 4) is 0 Å². The van der Waals surface area contributed by atoms with E-state index in [4.69, 9.17) is 0 Å². The van der Waals surface area contributed by atoms with E-state index >= 15 is 0 Å². The summed E-state index contributed by atoms with van der Waals surface area (Å²) in [4.78, 5) is 0.391. The molecule has 1 aromatic heterocycles. The van der Waals surface area contributed by atoms with E-state index in [-0.39, 0.29) is 0 Å². The third-order valence-electron chi connectivity index (χ3n) is 2.75. The first kappa shape index (κ1) is 10.7. The lowest BCUT2D eigenvalue weighted by Crippen LogP contribution is -1.91. The topological polar surface area (TPSA) is 17.8 Å². The molecule has 1 atom stereocenters. The number of aryl methyl sites for hydroxylation is 2. The first-order valence-corrected chi connectivity index (χ1v) is 6.14. The van der Waals surface area contributed by atoms with E-state index in [1.54, 1.807) is 0 Å². The molecule has 0 bridgehead atoms. The predicted octanol–water partition coefficient (Wildman–Crippen LogP) is 3.59. The summed E-state index contributed by atoms with van der Waals surface area (Å²) < 4.78 is 1.97. The summed E-state index contributed by atoms with van der Waals surface area (Å²) in [5.41, 5.74) is 3.70. The Hall–Kier alpha value is -0.830. The standard InChI is InChI=1S/C12H15BrN2/c1-4-11-10-6-5-9(8(2)13)7-12(10)15(3)14-11/h5-8H,4H2,1-3H3. The largest absolute Gasteiger partial charge is 0.268 e. The SMILES string of the molecule is CCc1nn(C)c2cc(C(C)Br)ccc12. The lowest BCUT2D eigenvalue weighted by molar-refractivity contribution is 0.769. The van der Waals surface area contributed by atoms with Gasteiger partial charge in [0.1, 0.15) is 0 Å². The number of aromatic nitrogens is 2. The fourth-order valence-electron chi connectivity index (χ4n) is 1.86. The van der Waals surface area contributed by atoms with Crippen LogP contribution in [0.3, 0.4) is 0 Å². The molecule has 0 spiro atoms. The van der Waals surface area contributed by atoms with Crippen molar-refractivity contribution in [2.24, 2.45) is 7.05 Å². The van der Waals surface area contributed by atoms with Gasteiger partial charge in [-0.15, -0.1) is 0 Å². The zero-order chi connectivity index (χ0) is 11.0. The van der Waals surface area contributed by atoms with Crippen molar-refractivity contribution in [3.63, 3.8) is 0 Å². The molecule has 0 aliphatic carbocycles. The Kier molecular flexibility index (Phi) is 2.83. The quantitative estimate of drug-likeness (QED) is 0.760. The molecule has 1 unspecified atom stereocenters. The van der Waals surface area contributed by atoms with Crippen LogP contribution < -0.4 is 0 Å². The van der Waals surface area contributed by atoms with Gasteiger partial charge in [-0.2, -0.15) is 5.10 Å². The monoisotopic (exact) mass is 266 g/mol. The van der Waals surface area contributed by atoms with Crippen LogP contribution in [0.5, 0.6) is 0 Å². The van der Waals surface area contributed by atoms with E-state index in [0.29, 0.717) is 4.83 Å². The number of benzene rings is 1. The zero-order valence-electron chi connectivity index (χ0n) is 9.29. The Morgan fingerprint density at radius 1 is 1.47 bits per heavy atom. The Bertz CT molecular complexity index is 486. The molecule has 15 heavy (non-hydrogen) atoms. The molecule has 2 rings (SSSR count). The lowest BCUT2D eigenvalue weighted by Gasteiger charge is -2.03. The minimum atomic E-state index is 0.391. The van der Waals surface area contributed by atoms with Crippen LogP contribution in [-0.2, 0) is 13.5 Å². The molecule has 0 fully saturated rings.